The lowest BCUT2D eigenvalue weighted by Gasteiger charge is -2.28. The lowest BCUT2D eigenvalue weighted by molar-refractivity contribution is -0.153. The molecule has 0 amide bonds. The third kappa shape index (κ3) is 3.61. The summed E-state index contributed by atoms with van der Waals surface area (Å²) in [6, 6.07) is 0. The van der Waals surface area contributed by atoms with Gasteiger partial charge >= 0.3 is 5.97 Å². The molecule has 1 heterocycles. The van der Waals surface area contributed by atoms with E-state index in [-0.39, 0.29) is 12.2 Å². The SMILES string of the molecule is CC1CNCC(COC(C)C(=O)O)O1. The average Bonchev–Trinajstić information content (AvgIpc) is 2.14. The molecule has 1 fully saturated rings. The zero-order chi connectivity index (χ0) is 10.6. The van der Waals surface area contributed by atoms with E-state index in [2.05, 4.69) is 5.32 Å². The van der Waals surface area contributed by atoms with E-state index in [9.17, 15) is 4.79 Å². The molecule has 1 saturated heterocycles. The molecule has 0 spiro atoms. The standard InChI is InChI=1S/C9H17NO4/c1-6-3-10-4-8(14-6)5-13-7(2)9(11)12/h6-8,10H,3-5H2,1-2H3,(H,11,12). The maximum absolute atomic E-state index is 10.5. The lowest BCUT2D eigenvalue weighted by atomic mass is 10.2. The monoisotopic (exact) mass is 203 g/mol. The summed E-state index contributed by atoms with van der Waals surface area (Å²) < 4.78 is 10.7. The zero-order valence-corrected chi connectivity index (χ0v) is 8.53. The van der Waals surface area contributed by atoms with Crippen molar-refractivity contribution in [2.24, 2.45) is 0 Å². The Morgan fingerprint density at radius 1 is 1.71 bits per heavy atom. The fourth-order valence-corrected chi connectivity index (χ4v) is 1.29. The molecule has 0 radical (unpaired) electrons. The first kappa shape index (κ1) is 11.4. The minimum Gasteiger partial charge on any atom is -0.479 e. The highest BCUT2D eigenvalue weighted by atomic mass is 16.6. The van der Waals surface area contributed by atoms with Crippen LogP contribution in [-0.4, -0.2) is 49.1 Å². The van der Waals surface area contributed by atoms with Crippen LogP contribution in [0, 0.1) is 0 Å². The summed E-state index contributed by atoms with van der Waals surface area (Å²) in [4.78, 5) is 10.5. The Kier molecular flexibility index (Phi) is 4.31. The zero-order valence-electron chi connectivity index (χ0n) is 8.53. The molecule has 3 unspecified atom stereocenters. The van der Waals surface area contributed by atoms with E-state index in [1.165, 1.54) is 6.92 Å². The quantitative estimate of drug-likeness (QED) is 0.665. The van der Waals surface area contributed by atoms with Gasteiger partial charge in [0.25, 0.3) is 0 Å². The van der Waals surface area contributed by atoms with Crippen LogP contribution in [0.15, 0.2) is 0 Å². The van der Waals surface area contributed by atoms with Gasteiger partial charge in [-0.3, -0.25) is 0 Å². The highest BCUT2D eigenvalue weighted by Gasteiger charge is 2.21. The highest BCUT2D eigenvalue weighted by Crippen LogP contribution is 2.04. The number of carboxylic acids is 1. The van der Waals surface area contributed by atoms with Crippen LogP contribution in [0.25, 0.3) is 0 Å². The molecule has 2 N–H and O–H groups in total. The number of nitrogens with one attached hydrogen (secondary N) is 1. The Morgan fingerprint density at radius 3 is 3.00 bits per heavy atom. The van der Waals surface area contributed by atoms with Gasteiger partial charge in [-0.2, -0.15) is 0 Å². The van der Waals surface area contributed by atoms with Crippen molar-refractivity contribution in [1.82, 2.24) is 5.32 Å². The molecule has 1 rings (SSSR count). The Balaban J connectivity index is 2.20. The van der Waals surface area contributed by atoms with E-state index in [0.717, 1.165) is 13.1 Å². The number of carboxylic acid groups (broad SMARTS) is 1. The fraction of sp³-hybridized carbons (Fsp3) is 0.889. The summed E-state index contributed by atoms with van der Waals surface area (Å²) in [6.45, 7) is 5.37. The van der Waals surface area contributed by atoms with Gasteiger partial charge in [0.2, 0.25) is 0 Å². The van der Waals surface area contributed by atoms with Crippen LogP contribution in [-0.2, 0) is 14.3 Å². The first-order chi connectivity index (χ1) is 6.59. The number of hydrogen-bond donors (Lipinski definition) is 2. The van der Waals surface area contributed by atoms with Crippen LogP contribution < -0.4 is 5.32 Å². The van der Waals surface area contributed by atoms with Crippen molar-refractivity contribution < 1.29 is 19.4 Å². The van der Waals surface area contributed by atoms with Crippen LogP contribution >= 0.6 is 0 Å². The number of morpholine rings is 1. The van der Waals surface area contributed by atoms with E-state index < -0.39 is 12.1 Å². The lowest BCUT2D eigenvalue weighted by Crippen LogP contribution is -2.46. The Hall–Kier alpha value is -0.650. The molecule has 0 saturated carbocycles. The Morgan fingerprint density at radius 2 is 2.43 bits per heavy atom. The van der Waals surface area contributed by atoms with Gasteiger partial charge < -0.3 is 19.9 Å². The van der Waals surface area contributed by atoms with Crippen molar-refractivity contribution in [2.45, 2.75) is 32.2 Å². The Labute approximate surface area is 83.4 Å². The van der Waals surface area contributed by atoms with Crippen LogP contribution in [0.1, 0.15) is 13.8 Å². The van der Waals surface area contributed by atoms with E-state index in [1.807, 2.05) is 6.92 Å². The number of aliphatic carboxylic acids is 1. The molecule has 0 aromatic carbocycles. The van der Waals surface area contributed by atoms with Crippen LogP contribution in [0.4, 0.5) is 0 Å². The molecule has 1 aliphatic heterocycles. The average molecular weight is 203 g/mol. The largest absolute Gasteiger partial charge is 0.479 e. The van der Waals surface area contributed by atoms with Gasteiger partial charge in [0.15, 0.2) is 6.10 Å². The second-order valence-corrected chi connectivity index (χ2v) is 3.54. The van der Waals surface area contributed by atoms with Crippen LogP contribution in [0.2, 0.25) is 0 Å². The molecule has 5 nitrogen and oxygen atoms in total. The van der Waals surface area contributed by atoms with Crippen molar-refractivity contribution in [3.63, 3.8) is 0 Å². The van der Waals surface area contributed by atoms with Gasteiger partial charge in [-0.1, -0.05) is 0 Å². The molecule has 14 heavy (non-hydrogen) atoms. The number of ether oxygens (including phenoxy) is 2. The second kappa shape index (κ2) is 5.29. The number of hydrogen-bond acceptors (Lipinski definition) is 4. The first-order valence-electron chi connectivity index (χ1n) is 4.80. The van der Waals surface area contributed by atoms with E-state index >= 15 is 0 Å². The number of carbonyl (C=O) groups is 1. The predicted molar refractivity (Wildman–Crippen MR) is 50.3 cm³/mol. The topological polar surface area (TPSA) is 67.8 Å². The first-order valence-corrected chi connectivity index (χ1v) is 4.80. The summed E-state index contributed by atoms with van der Waals surface area (Å²) in [7, 11) is 0. The van der Waals surface area contributed by atoms with Gasteiger partial charge in [0.05, 0.1) is 18.8 Å². The van der Waals surface area contributed by atoms with Gasteiger partial charge in [-0.05, 0) is 13.8 Å². The smallest absolute Gasteiger partial charge is 0.332 e. The molecule has 0 aliphatic carbocycles. The molecular formula is C9H17NO4. The normalized spacial score (nSPS) is 29.9. The third-order valence-electron chi connectivity index (χ3n) is 2.11. The van der Waals surface area contributed by atoms with E-state index in [4.69, 9.17) is 14.6 Å². The summed E-state index contributed by atoms with van der Waals surface area (Å²) >= 11 is 0. The van der Waals surface area contributed by atoms with Gasteiger partial charge in [0, 0.05) is 13.1 Å². The Bertz CT molecular complexity index is 197. The molecular weight excluding hydrogens is 186 g/mol. The fourth-order valence-electron chi connectivity index (χ4n) is 1.29. The molecule has 82 valence electrons. The predicted octanol–water partition coefficient (Wildman–Crippen LogP) is -0.147. The van der Waals surface area contributed by atoms with Gasteiger partial charge in [-0.25, -0.2) is 4.79 Å². The summed E-state index contributed by atoms with van der Waals surface area (Å²) in [5.74, 6) is -0.943. The van der Waals surface area contributed by atoms with Crippen LogP contribution in [0.5, 0.6) is 0 Å². The van der Waals surface area contributed by atoms with Gasteiger partial charge in [0.1, 0.15) is 0 Å². The summed E-state index contributed by atoms with van der Waals surface area (Å²) in [5, 5.41) is 11.8. The van der Waals surface area contributed by atoms with E-state index in [1.54, 1.807) is 0 Å². The second-order valence-electron chi connectivity index (χ2n) is 3.54. The van der Waals surface area contributed by atoms with Crippen LogP contribution in [0.3, 0.4) is 0 Å². The molecule has 0 aromatic rings. The molecule has 3 atom stereocenters. The van der Waals surface area contributed by atoms with Crippen molar-refractivity contribution in [2.75, 3.05) is 19.7 Å². The maximum Gasteiger partial charge on any atom is 0.332 e. The minimum atomic E-state index is -0.943. The molecule has 1 aliphatic rings. The van der Waals surface area contributed by atoms with Gasteiger partial charge in [-0.15, -0.1) is 0 Å². The third-order valence-corrected chi connectivity index (χ3v) is 2.11. The highest BCUT2D eigenvalue weighted by molar-refractivity contribution is 5.71. The van der Waals surface area contributed by atoms with Crippen molar-refractivity contribution in [3.8, 4) is 0 Å². The van der Waals surface area contributed by atoms with Crippen molar-refractivity contribution >= 4 is 5.97 Å². The molecule has 0 aromatic heterocycles. The number of rotatable bonds is 4. The molecule has 0 bridgehead atoms. The van der Waals surface area contributed by atoms with Crippen molar-refractivity contribution in [1.29, 1.82) is 0 Å². The maximum atomic E-state index is 10.5. The summed E-state index contributed by atoms with van der Waals surface area (Å²) in [5.41, 5.74) is 0. The summed E-state index contributed by atoms with van der Waals surface area (Å²) in [6.07, 6.45) is -0.645. The minimum absolute atomic E-state index is 0.0412. The van der Waals surface area contributed by atoms with E-state index in [0.29, 0.717) is 6.61 Å². The molecule has 5 heteroatoms. The van der Waals surface area contributed by atoms with Crippen molar-refractivity contribution in [3.05, 3.63) is 0 Å².